The van der Waals surface area contributed by atoms with Crippen molar-refractivity contribution in [3.05, 3.63) is 35.4 Å². The molecule has 0 fully saturated rings. The summed E-state index contributed by atoms with van der Waals surface area (Å²) in [5.41, 5.74) is 1.96. The topological polar surface area (TPSA) is 34.1 Å². The maximum absolute atomic E-state index is 11.7. The van der Waals surface area contributed by atoms with Crippen molar-refractivity contribution in [2.45, 2.75) is 25.5 Å². The molecule has 0 radical (unpaired) electrons. The van der Waals surface area contributed by atoms with Crippen molar-refractivity contribution in [3.63, 3.8) is 0 Å². The zero-order valence-electron chi connectivity index (χ0n) is 9.45. The van der Waals surface area contributed by atoms with E-state index in [1.165, 1.54) is 0 Å². The van der Waals surface area contributed by atoms with Crippen molar-refractivity contribution in [3.8, 4) is 0 Å². The van der Waals surface area contributed by atoms with Gasteiger partial charge in [0.05, 0.1) is 11.5 Å². The lowest BCUT2D eigenvalue weighted by molar-refractivity contribution is 0.592. The molecule has 0 amide bonds. The molecule has 0 aliphatic carbocycles. The minimum atomic E-state index is -2.98. The zero-order valence-corrected chi connectivity index (χ0v) is 11.0. The highest BCUT2D eigenvalue weighted by Crippen LogP contribution is 2.10. The van der Waals surface area contributed by atoms with Gasteiger partial charge in [-0.2, -0.15) is 0 Å². The number of halogens is 1. The van der Waals surface area contributed by atoms with E-state index in [1.54, 1.807) is 0 Å². The fourth-order valence-corrected chi connectivity index (χ4v) is 3.21. The van der Waals surface area contributed by atoms with Crippen LogP contribution in [0.4, 0.5) is 0 Å². The Bertz CT molecular complexity index is 426. The van der Waals surface area contributed by atoms with Crippen LogP contribution in [0, 0.1) is 6.92 Å². The molecule has 90 valence electrons. The van der Waals surface area contributed by atoms with E-state index in [0.717, 1.165) is 17.5 Å². The number of hydrogen-bond donors (Lipinski definition) is 0. The van der Waals surface area contributed by atoms with Gasteiger partial charge in [0.1, 0.15) is 0 Å². The Hall–Kier alpha value is -0.540. The first-order chi connectivity index (χ1) is 7.53. The predicted octanol–water partition coefficient (Wildman–Crippen LogP) is 2.93. The molecule has 0 saturated carbocycles. The quantitative estimate of drug-likeness (QED) is 0.582. The van der Waals surface area contributed by atoms with E-state index in [-0.39, 0.29) is 11.5 Å². The molecule has 0 saturated heterocycles. The number of unbranched alkanes of at least 4 members (excludes halogenated alkanes) is 1. The standard InChI is InChI=1S/C12H17ClO2S/c1-11-5-4-6-12(9-11)10-16(14,15)8-3-2-7-13/h4-6,9H,2-3,7-8,10H2,1H3. The smallest absolute Gasteiger partial charge is 0.154 e. The summed E-state index contributed by atoms with van der Waals surface area (Å²) in [5.74, 6) is 0.893. The Morgan fingerprint density at radius 3 is 2.62 bits per heavy atom. The number of rotatable bonds is 6. The fraction of sp³-hybridized carbons (Fsp3) is 0.500. The lowest BCUT2D eigenvalue weighted by Crippen LogP contribution is -2.09. The Kier molecular flexibility index (Phi) is 5.29. The molecule has 0 bridgehead atoms. The van der Waals surface area contributed by atoms with Gasteiger partial charge in [-0.1, -0.05) is 29.8 Å². The molecule has 0 unspecified atom stereocenters. The highest BCUT2D eigenvalue weighted by molar-refractivity contribution is 7.90. The molecule has 0 aliphatic heterocycles. The maximum Gasteiger partial charge on any atom is 0.154 e. The molecule has 0 heterocycles. The van der Waals surface area contributed by atoms with E-state index >= 15 is 0 Å². The maximum atomic E-state index is 11.7. The molecule has 0 N–H and O–H groups in total. The van der Waals surface area contributed by atoms with Gasteiger partial charge in [-0.15, -0.1) is 11.6 Å². The van der Waals surface area contributed by atoms with Crippen LogP contribution in [0.3, 0.4) is 0 Å². The van der Waals surface area contributed by atoms with Gasteiger partial charge < -0.3 is 0 Å². The molecule has 0 spiro atoms. The van der Waals surface area contributed by atoms with E-state index in [2.05, 4.69) is 0 Å². The van der Waals surface area contributed by atoms with Crippen LogP contribution in [0.25, 0.3) is 0 Å². The van der Waals surface area contributed by atoms with Gasteiger partial charge in [0.25, 0.3) is 0 Å². The highest BCUT2D eigenvalue weighted by atomic mass is 35.5. The number of sulfone groups is 1. The lowest BCUT2D eigenvalue weighted by atomic mass is 10.2. The second-order valence-corrected chi connectivity index (χ2v) is 6.54. The summed E-state index contributed by atoms with van der Waals surface area (Å²) >= 11 is 5.52. The van der Waals surface area contributed by atoms with E-state index in [0.29, 0.717) is 12.3 Å². The van der Waals surface area contributed by atoms with Crippen LogP contribution in [-0.2, 0) is 15.6 Å². The molecule has 1 aromatic rings. The van der Waals surface area contributed by atoms with Crippen molar-refractivity contribution >= 4 is 21.4 Å². The number of alkyl halides is 1. The SMILES string of the molecule is Cc1cccc(CS(=O)(=O)CCCCCl)c1. The number of hydrogen-bond acceptors (Lipinski definition) is 2. The summed E-state index contributed by atoms with van der Waals surface area (Å²) in [7, 11) is -2.98. The monoisotopic (exact) mass is 260 g/mol. The molecule has 4 heteroatoms. The summed E-state index contributed by atoms with van der Waals surface area (Å²) in [6, 6.07) is 7.62. The van der Waals surface area contributed by atoms with Crippen LogP contribution in [0.1, 0.15) is 24.0 Å². The van der Waals surface area contributed by atoms with Crippen molar-refractivity contribution in [1.82, 2.24) is 0 Å². The van der Waals surface area contributed by atoms with Gasteiger partial charge in [0, 0.05) is 5.88 Å². The second kappa shape index (κ2) is 6.26. The Labute approximate surface area is 103 Å². The predicted molar refractivity (Wildman–Crippen MR) is 68.6 cm³/mol. The van der Waals surface area contributed by atoms with Crippen LogP contribution in [0.2, 0.25) is 0 Å². The Morgan fingerprint density at radius 2 is 2.00 bits per heavy atom. The van der Waals surface area contributed by atoms with E-state index in [1.807, 2.05) is 31.2 Å². The molecule has 16 heavy (non-hydrogen) atoms. The van der Waals surface area contributed by atoms with Gasteiger partial charge in [-0.3, -0.25) is 0 Å². The fourth-order valence-electron chi connectivity index (χ4n) is 1.54. The summed E-state index contributed by atoms with van der Waals surface area (Å²) in [4.78, 5) is 0. The Morgan fingerprint density at radius 1 is 1.25 bits per heavy atom. The minimum Gasteiger partial charge on any atom is -0.228 e. The van der Waals surface area contributed by atoms with E-state index in [4.69, 9.17) is 11.6 Å². The van der Waals surface area contributed by atoms with Crippen LogP contribution >= 0.6 is 11.6 Å². The van der Waals surface area contributed by atoms with Crippen LogP contribution in [-0.4, -0.2) is 20.1 Å². The average molecular weight is 261 g/mol. The van der Waals surface area contributed by atoms with Gasteiger partial charge in [-0.25, -0.2) is 8.42 Å². The lowest BCUT2D eigenvalue weighted by Gasteiger charge is -2.04. The molecule has 2 nitrogen and oxygen atoms in total. The molecule has 1 aromatic carbocycles. The number of benzene rings is 1. The van der Waals surface area contributed by atoms with Gasteiger partial charge in [0.15, 0.2) is 9.84 Å². The van der Waals surface area contributed by atoms with Crippen LogP contribution in [0.5, 0.6) is 0 Å². The van der Waals surface area contributed by atoms with Gasteiger partial charge in [0.2, 0.25) is 0 Å². The molecule has 1 rings (SSSR count). The van der Waals surface area contributed by atoms with Gasteiger partial charge >= 0.3 is 0 Å². The summed E-state index contributed by atoms with van der Waals surface area (Å²) in [5, 5.41) is 0. The molecule has 0 aromatic heterocycles. The minimum absolute atomic E-state index is 0.136. The highest BCUT2D eigenvalue weighted by Gasteiger charge is 2.11. The van der Waals surface area contributed by atoms with Crippen molar-refractivity contribution in [2.75, 3.05) is 11.6 Å². The summed E-state index contributed by atoms with van der Waals surface area (Å²) < 4.78 is 23.5. The van der Waals surface area contributed by atoms with Crippen LogP contribution < -0.4 is 0 Å². The first-order valence-electron chi connectivity index (χ1n) is 5.35. The Balaban J connectivity index is 2.59. The zero-order chi connectivity index (χ0) is 12.0. The van der Waals surface area contributed by atoms with Crippen molar-refractivity contribution in [2.24, 2.45) is 0 Å². The van der Waals surface area contributed by atoms with Crippen LogP contribution in [0.15, 0.2) is 24.3 Å². The average Bonchev–Trinajstić information content (AvgIpc) is 2.17. The molecular weight excluding hydrogens is 244 g/mol. The molecule has 0 atom stereocenters. The van der Waals surface area contributed by atoms with E-state index < -0.39 is 9.84 Å². The normalized spacial score (nSPS) is 11.6. The molecule has 0 aliphatic rings. The van der Waals surface area contributed by atoms with Crippen molar-refractivity contribution < 1.29 is 8.42 Å². The third-order valence-electron chi connectivity index (χ3n) is 2.31. The third-order valence-corrected chi connectivity index (χ3v) is 4.26. The number of aryl methyl sites for hydroxylation is 1. The summed E-state index contributed by atoms with van der Waals surface area (Å²) in [6.45, 7) is 1.96. The van der Waals surface area contributed by atoms with Gasteiger partial charge in [-0.05, 0) is 25.3 Å². The summed E-state index contributed by atoms with van der Waals surface area (Å²) in [6.07, 6.45) is 1.41. The van der Waals surface area contributed by atoms with Crippen molar-refractivity contribution in [1.29, 1.82) is 0 Å². The van der Waals surface area contributed by atoms with E-state index in [9.17, 15) is 8.42 Å². The third kappa shape index (κ3) is 4.99. The first-order valence-corrected chi connectivity index (χ1v) is 7.71. The largest absolute Gasteiger partial charge is 0.228 e. The molecular formula is C12H17ClO2S. The first kappa shape index (κ1) is 13.5. The second-order valence-electron chi connectivity index (χ2n) is 3.98.